The molecule has 0 spiro atoms. The normalized spacial score (nSPS) is 16.2. The van der Waals surface area contributed by atoms with Gasteiger partial charge in [-0.25, -0.2) is 0 Å². The molecule has 1 saturated carbocycles. The van der Waals surface area contributed by atoms with Crippen molar-refractivity contribution in [3.8, 4) is 0 Å². The molecular formula is C15H23NO. The molecule has 1 aliphatic carbocycles. The van der Waals surface area contributed by atoms with Crippen molar-refractivity contribution in [3.63, 3.8) is 0 Å². The summed E-state index contributed by atoms with van der Waals surface area (Å²) in [6, 6.07) is 8.95. The maximum atomic E-state index is 5.39. The third kappa shape index (κ3) is 3.83. The first-order chi connectivity index (χ1) is 8.11. The molecule has 2 nitrogen and oxygen atoms in total. The minimum absolute atomic E-state index is 0.0892. The van der Waals surface area contributed by atoms with Crippen LogP contribution >= 0.6 is 0 Å². The molecule has 2 heteroatoms. The third-order valence-electron chi connectivity index (χ3n) is 3.43. The van der Waals surface area contributed by atoms with Crippen molar-refractivity contribution in [3.05, 3.63) is 35.4 Å². The zero-order chi connectivity index (χ0) is 12.3. The molecule has 0 atom stereocenters. The van der Waals surface area contributed by atoms with E-state index in [1.165, 1.54) is 24.0 Å². The van der Waals surface area contributed by atoms with Gasteiger partial charge in [0.25, 0.3) is 0 Å². The van der Waals surface area contributed by atoms with Gasteiger partial charge in [-0.15, -0.1) is 0 Å². The van der Waals surface area contributed by atoms with Gasteiger partial charge in [-0.3, -0.25) is 0 Å². The number of hydrogen-bond acceptors (Lipinski definition) is 2. The van der Waals surface area contributed by atoms with Gasteiger partial charge in [0.1, 0.15) is 0 Å². The largest absolute Gasteiger partial charge is 0.377 e. The molecule has 0 radical (unpaired) electrons. The summed E-state index contributed by atoms with van der Waals surface area (Å²) in [4.78, 5) is 0. The molecule has 1 aromatic rings. The second-order valence-corrected chi connectivity index (χ2v) is 5.59. The molecule has 0 amide bonds. The second-order valence-electron chi connectivity index (χ2n) is 5.59. The van der Waals surface area contributed by atoms with Gasteiger partial charge in [-0.1, -0.05) is 24.3 Å². The van der Waals surface area contributed by atoms with E-state index >= 15 is 0 Å². The highest BCUT2D eigenvalue weighted by Gasteiger charge is 2.23. The average Bonchev–Trinajstić information content (AvgIpc) is 3.13. The van der Waals surface area contributed by atoms with Crippen LogP contribution in [0.2, 0.25) is 0 Å². The summed E-state index contributed by atoms with van der Waals surface area (Å²) in [5.41, 5.74) is 2.80. The fraction of sp³-hybridized carbons (Fsp3) is 0.600. The lowest BCUT2D eigenvalue weighted by Crippen LogP contribution is -2.36. The first-order valence-corrected chi connectivity index (χ1v) is 6.45. The Labute approximate surface area is 104 Å². The van der Waals surface area contributed by atoms with Gasteiger partial charge in [0.2, 0.25) is 0 Å². The van der Waals surface area contributed by atoms with E-state index in [1.54, 1.807) is 7.11 Å². The number of rotatable bonds is 6. The van der Waals surface area contributed by atoms with Crippen molar-refractivity contribution >= 4 is 0 Å². The van der Waals surface area contributed by atoms with E-state index in [0.29, 0.717) is 0 Å². The lowest BCUT2D eigenvalue weighted by Gasteiger charge is -2.23. The number of ether oxygens (including phenoxy) is 1. The number of benzene rings is 1. The lowest BCUT2D eigenvalue weighted by molar-refractivity contribution is 0.0230. The summed E-state index contributed by atoms with van der Waals surface area (Å²) in [5, 5.41) is 3.45. The molecule has 0 bridgehead atoms. The summed E-state index contributed by atoms with van der Waals surface area (Å²) in [6.45, 7) is 5.99. The summed E-state index contributed by atoms with van der Waals surface area (Å²) >= 11 is 0. The SMILES string of the molecule is COC(C)(C)CNCc1cccc(C2CC2)c1. The van der Waals surface area contributed by atoms with E-state index in [0.717, 1.165) is 19.0 Å². The first kappa shape index (κ1) is 12.6. The first-order valence-electron chi connectivity index (χ1n) is 6.45. The van der Waals surface area contributed by atoms with Crippen molar-refractivity contribution in [2.75, 3.05) is 13.7 Å². The Morgan fingerprint density at radius 1 is 1.35 bits per heavy atom. The molecule has 1 aliphatic rings. The van der Waals surface area contributed by atoms with Crippen LogP contribution in [0, 0.1) is 0 Å². The summed E-state index contributed by atoms with van der Waals surface area (Å²) in [6.07, 6.45) is 2.74. The van der Waals surface area contributed by atoms with Crippen LogP contribution in [-0.2, 0) is 11.3 Å². The summed E-state index contributed by atoms with van der Waals surface area (Å²) in [7, 11) is 1.76. The molecule has 1 fully saturated rings. The highest BCUT2D eigenvalue weighted by molar-refractivity contribution is 5.29. The van der Waals surface area contributed by atoms with Gasteiger partial charge in [0, 0.05) is 20.2 Å². The summed E-state index contributed by atoms with van der Waals surface area (Å²) in [5.74, 6) is 0.838. The molecular weight excluding hydrogens is 210 g/mol. The highest BCUT2D eigenvalue weighted by atomic mass is 16.5. The maximum absolute atomic E-state index is 5.39. The van der Waals surface area contributed by atoms with E-state index in [-0.39, 0.29) is 5.60 Å². The number of methoxy groups -OCH3 is 1. The minimum Gasteiger partial charge on any atom is -0.377 e. The van der Waals surface area contributed by atoms with Crippen LogP contribution in [0.4, 0.5) is 0 Å². The van der Waals surface area contributed by atoms with E-state index in [4.69, 9.17) is 4.74 Å². The molecule has 17 heavy (non-hydrogen) atoms. The molecule has 0 unspecified atom stereocenters. The molecule has 0 saturated heterocycles. The Hall–Kier alpha value is -0.860. The van der Waals surface area contributed by atoms with Gasteiger partial charge < -0.3 is 10.1 Å². The van der Waals surface area contributed by atoms with Gasteiger partial charge in [-0.05, 0) is 43.7 Å². The molecule has 0 heterocycles. The van der Waals surface area contributed by atoms with Crippen molar-refractivity contribution in [1.29, 1.82) is 0 Å². The summed E-state index contributed by atoms with van der Waals surface area (Å²) < 4.78 is 5.39. The van der Waals surface area contributed by atoms with Gasteiger partial charge in [0.15, 0.2) is 0 Å². The minimum atomic E-state index is -0.0892. The molecule has 0 aliphatic heterocycles. The molecule has 1 N–H and O–H groups in total. The number of nitrogens with one attached hydrogen (secondary N) is 1. The fourth-order valence-corrected chi connectivity index (χ4v) is 1.95. The lowest BCUT2D eigenvalue weighted by atomic mass is 10.1. The van der Waals surface area contributed by atoms with Crippen LogP contribution in [-0.4, -0.2) is 19.3 Å². The Kier molecular flexibility index (Phi) is 3.85. The van der Waals surface area contributed by atoms with Crippen LogP contribution in [0.15, 0.2) is 24.3 Å². The van der Waals surface area contributed by atoms with E-state index in [2.05, 4.69) is 43.4 Å². The number of hydrogen-bond donors (Lipinski definition) is 1. The second kappa shape index (κ2) is 5.19. The maximum Gasteiger partial charge on any atom is 0.0746 e. The predicted molar refractivity (Wildman–Crippen MR) is 71.2 cm³/mol. The topological polar surface area (TPSA) is 21.3 Å². The monoisotopic (exact) mass is 233 g/mol. The van der Waals surface area contributed by atoms with Gasteiger partial charge in [0.05, 0.1) is 5.60 Å². The molecule has 1 aromatic carbocycles. The van der Waals surface area contributed by atoms with Crippen molar-refractivity contribution < 1.29 is 4.74 Å². The van der Waals surface area contributed by atoms with E-state index < -0.39 is 0 Å². The van der Waals surface area contributed by atoms with Gasteiger partial charge >= 0.3 is 0 Å². The van der Waals surface area contributed by atoms with E-state index in [1.807, 2.05) is 0 Å². The standard InChI is InChI=1S/C15H23NO/c1-15(2,17-3)11-16-10-12-5-4-6-14(9-12)13-7-8-13/h4-6,9,13,16H,7-8,10-11H2,1-3H3. The average molecular weight is 233 g/mol. The van der Waals surface area contributed by atoms with Gasteiger partial charge in [-0.2, -0.15) is 0 Å². The predicted octanol–water partition coefficient (Wildman–Crippen LogP) is 3.08. The van der Waals surface area contributed by atoms with Crippen molar-refractivity contribution in [2.45, 2.75) is 44.8 Å². The zero-order valence-electron chi connectivity index (χ0n) is 11.1. The zero-order valence-corrected chi connectivity index (χ0v) is 11.1. The van der Waals surface area contributed by atoms with Crippen molar-refractivity contribution in [1.82, 2.24) is 5.32 Å². The third-order valence-corrected chi connectivity index (χ3v) is 3.43. The Morgan fingerprint density at radius 3 is 2.76 bits per heavy atom. The molecule has 0 aromatic heterocycles. The smallest absolute Gasteiger partial charge is 0.0746 e. The highest BCUT2D eigenvalue weighted by Crippen LogP contribution is 2.40. The van der Waals surface area contributed by atoms with Crippen LogP contribution in [0.25, 0.3) is 0 Å². The Balaban J connectivity index is 1.84. The van der Waals surface area contributed by atoms with Crippen LogP contribution in [0.3, 0.4) is 0 Å². The van der Waals surface area contributed by atoms with E-state index in [9.17, 15) is 0 Å². The van der Waals surface area contributed by atoms with Crippen molar-refractivity contribution in [2.24, 2.45) is 0 Å². The Morgan fingerprint density at radius 2 is 2.12 bits per heavy atom. The van der Waals surface area contributed by atoms with Crippen LogP contribution in [0.1, 0.15) is 43.7 Å². The molecule has 94 valence electrons. The van der Waals surface area contributed by atoms with Crippen LogP contribution in [0.5, 0.6) is 0 Å². The quantitative estimate of drug-likeness (QED) is 0.815. The van der Waals surface area contributed by atoms with Crippen LogP contribution < -0.4 is 5.32 Å². The molecule has 2 rings (SSSR count). The Bertz CT molecular complexity index is 369. The fourth-order valence-electron chi connectivity index (χ4n) is 1.95.